The SMILES string of the molecule is CCOc1ccc(-c2oc3ccccc3c(=O)c2OS(=O)(=O)c2c(C)cc(C)cc2C)cc1. The van der Waals surface area contributed by atoms with Crippen molar-refractivity contribution in [1.82, 2.24) is 0 Å². The van der Waals surface area contributed by atoms with Gasteiger partial charge < -0.3 is 13.3 Å². The molecule has 1 aromatic heterocycles. The van der Waals surface area contributed by atoms with Gasteiger partial charge in [-0.25, -0.2) is 0 Å². The number of hydrogen-bond donors (Lipinski definition) is 0. The fourth-order valence-electron chi connectivity index (χ4n) is 3.97. The molecule has 7 heteroatoms. The Hall–Kier alpha value is -3.58. The van der Waals surface area contributed by atoms with Crippen molar-refractivity contribution in [2.45, 2.75) is 32.6 Å². The highest BCUT2D eigenvalue weighted by atomic mass is 32.2. The third kappa shape index (κ3) is 4.36. The van der Waals surface area contributed by atoms with Crippen LogP contribution in [0.15, 0.2) is 74.8 Å². The largest absolute Gasteiger partial charge is 0.494 e. The zero-order chi connectivity index (χ0) is 23.8. The summed E-state index contributed by atoms with van der Waals surface area (Å²) in [7, 11) is -4.31. The maximum atomic E-state index is 13.4. The lowest BCUT2D eigenvalue weighted by atomic mass is 10.1. The molecule has 4 aromatic rings. The summed E-state index contributed by atoms with van der Waals surface area (Å²) >= 11 is 0. The molecule has 0 aliphatic rings. The normalized spacial score (nSPS) is 11.5. The van der Waals surface area contributed by atoms with Crippen molar-refractivity contribution >= 4 is 21.1 Å². The Morgan fingerprint density at radius 3 is 2.18 bits per heavy atom. The van der Waals surface area contributed by atoms with Crippen molar-refractivity contribution in [3.8, 4) is 22.8 Å². The molecule has 0 radical (unpaired) electrons. The summed E-state index contributed by atoms with van der Waals surface area (Å²) in [6, 6.07) is 17.0. The second-order valence-corrected chi connectivity index (χ2v) is 9.29. The highest BCUT2D eigenvalue weighted by molar-refractivity contribution is 7.87. The minimum atomic E-state index is -4.31. The van der Waals surface area contributed by atoms with E-state index in [1.54, 1.807) is 74.5 Å². The predicted molar refractivity (Wildman–Crippen MR) is 128 cm³/mol. The molecule has 0 spiro atoms. The van der Waals surface area contributed by atoms with Crippen molar-refractivity contribution in [2.24, 2.45) is 0 Å². The maximum absolute atomic E-state index is 13.4. The third-order valence-corrected chi connectivity index (χ3v) is 6.76. The number of benzene rings is 3. The Morgan fingerprint density at radius 2 is 1.55 bits per heavy atom. The summed E-state index contributed by atoms with van der Waals surface area (Å²) in [6.45, 7) is 7.67. The summed E-state index contributed by atoms with van der Waals surface area (Å²) in [4.78, 5) is 13.4. The van der Waals surface area contributed by atoms with Gasteiger partial charge in [-0.3, -0.25) is 4.79 Å². The van der Waals surface area contributed by atoms with Crippen LogP contribution in [0.25, 0.3) is 22.3 Å². The number of hydrogen-bond acceptors (Lipinski definition) is 6. The molecule has 0 N–H and O–H groups in total. The van der Waals surface area contributed by atoms with Crippen LogP contribution in [0.2, 0.25) is 0 Å². The van der Waals surface area contributed by atoms with E-state index in [1.165, 1.54) is 0 Å². The molecule has 170 valence electrons. The first-order valence-electron chi connectivity index (χ1n) is 10.5. The van der Waals surface area contributed by atoms with Crippen LogP contribution in [0, 0.1) is 20.8 Å². The van der Waals surface area contributed by atoms with E-state index in [1.807, 2.05) is 13.8 Å². The molecule has 0 amide bonds. The number of para-hydroxylation sites is 1. The molecule has 3 aromatic carbocycles. The molecule has 0 aliphatic carbocycles. The van der Waals surface area contributed by atoms with Crippen molar-refractivity contribution < 1.29 is 21.8 Å². The molecule has 0 aliphatic heterocycles. The summed E-state index contributed by atoms with van der Waals surface area (Å²) in [6.07, 6.45) is 0. The lowest BCUT2D eigenvalue weighted by Gasteiger charge is -2.15. The number of fused-ring (bicyclic) bond motifs is 1. The van der Waals surface area contributed by atoms with E-state index >= 15 is 0 Å². The second kappa shape index (κ2) is 8.75. The molecule has 33 heavy (non-hydrogen) atoms. The van der Waals surface area contributed by atoms with Crippen LogP contribution >= 0.6 is 0 Å². The van der Waals surface area contributed by atoms with Gasteiger partial charge in [0.1, 0.15) is 16.2 Å². The topological polar surface area (TPSA) is 82.8 Å². The molecule has 6 nitrogen and oxygen atoms in total. The molecule has 0 saturated heterocycles. The van der Waals surface area contributed by atoms with Crippen molar-refractivity contribution in [3.05, 3.63) is 87.6 Å². The Morgan fingerprint density at radius 1 is 0.909 bits per heavy atom. The smallest absolute Gasteiger partial charge is 0.340 e. The average molecular weight is 465 g/mol. The van der Waals surface area contributed by atoms with Crippen molar-refractivity contribution in [1.29, 1.82) is 0 Å². The maximum Gasteiger partial charge on any atom is 0.340 e. The summed E-state index contributed by atoms with van der Waals surface area (Å²) in [5, 5.41) is 0.231. The van der Waals surface area contributed by atoms with Gasteiger partial charge >= 0.3 is 10.1 Å². The third-order valence-electron chi connectivity index (χ3n) is 5.23. The van der Waals surface area contributed by atoms with Gasteiger partial charge in [-0.1, -0.05) is 29.8 Å². The number of aryl methyl sites for hydroxylation is 3. The van der Waals surface area contributed by atoms with Crippen LogP contribution in [0.1, 0.15) is 23.6 Å². The first-order valence-corrected chi connectivity index (χ1v) is 11.9. The Kier molecular flexibility index (Phi) is 5.99. The monoisotopic (exact) mass is 464 g/mol. The van der Waals surface area contributed by atoms with Crippen molar-refractivity contribution in [3.63, 3.8) is 0 Å². The van der Waals surface area contributed by atoms with Gasteiger partial charge in [0, 0.05) is 5.56 Å². The summed E-state index contributed by atoms with van der Waals surface area (Å²) in [5.74, 6) is 0.301. The molecular formula is C26H24O6S. The standard InChI is InChI=1S/C26H24O6S/c1-5-30-20-12-10-19(11-13-20)24-25(23(27)21-8-6-7-9-22(21)31-24)32-33(28,29)26-17(3)14-16(2)15-18(26)4/h6-15H,5H2,1-4H3. The minimum Gasteiger partial charge on any atom is -0.494 e. The van der Waals surface area contributed by atoms with E-state index in [2.05, 4.69) is 0 Å². The second-order valence-electron chi connectivity index (χ2n) is 7.81. The van der Waals surface area contributed by atoms with Gasteiger partial charge in [0.05, 0.1) is 12.0 Å². The highest BCUT2D eigenvalue weighted by Crippen LogP contribution is 2.34. The van der Waals surface area contributed by atoms with E-state index in [4.69, 9.17) is 13.3 Å². The first kappa shape index (κ1) is 22.6. The molecule has 0 fully saturated rings. The molecule has 0 bridgehead atoms. The van der Waals surface area contributed by atoms with Crippen molar-refractivity contribution in [2.75, 3.05) is 6.61 Å². The van der Waals surface area contributed by atoms with Gasteiger partial charge in [0.25, 0.3) is 0 Å². The van der Waals surface area contributed by atoms with Gasteiger partial charge in [-0.2, -0.15) is 8.42 Å². The van der Waals surface area contributed by atoms with Crippen LogP contribution in [0.4, 0.5) is 0 Å². The Labute approximate surface area is 192 Å². The Bertz CT molecular complexity index is 1480. The van der Waals surface area contributed by atoms with Crippen LogP contribution in [0.3, 0.4) is 0 Å². The number of rotatable bonds is 6. The van der Waals surface area contributed by atoms with Gasteiger partial charge in [-0.15, -0.1) is 0 Å². The van der Waals surface area contributed by atoms with Crippen LogP contribution in [0.5, 0.6) is 11.5 Å². The average Bonchev–Trinajstić information content (AvgIpc) is 2.75. The van der Waals surface area contributed by atoms with E-state index in [9.17, 15) is 13.2 Å². The molecule has 0 atom stereocenters. The Balaban J connectivity index is 1.92. The molecule has 4 rings (SSSR count). The van der Waals surface area contributed by atoms with E-state index < -0.39 is 15.5 Å². The van der Waals surface area contributed by atoms with Crippen LogP contribution in [-0.4, -0.2) is 15.0 Å². The molecular weight excluding hydrogens is 440 g/mol. The van der Waals surface area contributed by atoms with Gasteiger partial charge in [0.15, 0.2) is 5.76 Å². The lowest BCUT2D eigenvalue weighted by Crippen LogP contribution is -2.18. The molecule has 0 saturated carbocycles. The van der Waals surface area contributed by atoms with Crippen LogP contribution in [-0.2, 0) is 10.1 Å². The van der Waals surface area contributed by atoms with Crippen LogP contribution < -0.4 is 14.3 Å². The van der Waals surface area contributed by atoms with Gasteiger partial charge in [-0.05, 0) is 75.2 Å². The number of ether oxygens (including phenoxy) is 1. The molecule has 1 heterocycles. The zero-order valence-electron chi connectivity index (χ0n) is 18.8. The zero-order valence-corrected chi connectivity index (χ0v) is 19.7. The quantitative estimate of drug-likeness (QED) is 0.348. The van der Waals surface area contributed by atoms with E-state index in [-0.39, 0.29) is 21.8 Å². The van der Waals surface area contributed by atoms with E-state index in [0.29, 0.717) is 34.6 Å². The first-order chi connectivity index (χ1) is 15.7. The fourth-order valence-corrected chi connectivity index (χ4v) is 5.33. The van der Waals surface area contributed by atoms with E-state index in [0.717, 1.165) is 5.56 Å². The predicted octanol–water partition coefficient (Wildman–Crippen LogP) is 5.55. The fraction of sp³-hybridized carbons (Fsp3) is 0.192. The highest BCUT2D eigenvalue weighted by Gasteiger charge is 2.27. The summed E-state index contributed by atoms with van der Waals surface area (Å²) < 4.78 is 43.7. The molecule has 0 unspecified atom stereocenters. The minimum absolute atomic E-state index is 0.0349. The van der Waals surface area contributed by atoms with Gasteiger partial charge in [0.2, 0.25) is 11.2 Å². The lowest BCUT2D eigenvalue weighted by molar-refractivity contribution is 0.340. The summed E-state index contributed by atoms with van der Waals surface area (Å²) in [5.41, 5.74) is 2.28.